The average molecular weight is 241 g/mol. The first kappa shape index (κ1) is 14.2. The molecule has 1 aromatic heterocycles. The highest BCUT2D eigenvalue weighted by Gasteiger charge is 2.04. The summed E-state index contributed by atoms with van der Waals surface area (Å²) in [5, 5.41) is 17.0. The summed E-state index contributed by atoms with van der Waals surface area (Å²) in [6.45, 7) is 5.72. The molecule has 0 aliphatic carbocycles. The van der Waals surface area contributed by atoms with Crippen LogP contribution in [0.5, 0.6) is 0 Å². The van der Waals surface area contributed by atoms with E-state index in [1.54, 1.807) is 10.9 Å². The van der Waals surface area contributed by atoms with Gasteiger partial charge in [0, 0.05) is 32.2 Å². The third kappa shape index (κ3) is 7.10. The molecule has 0 saturated carbocycles. The molecule has 5 heteroatoms. The summed E-state index contributed by atoms with van der Waals surface area (Å²) in [5.41, 5.74) is 0. The van der Waals surface area contributed by atoms with E-state index < -0.39 is 6.10 Å². The van der Waals surface area contributed by atoms with Crippen molar-refractivity contribution >= 4 is 0 Å². The number of hydrogen-bond acceptors (Lipinski definition) is 4. The van der Waals surface area contributed by atoms with Gasteiger partial charge in [0.15, 0.2) is 0 Å². The second-order valence-electron chi connectivity index (χ2n) is 4.05. The molecular formula is C12H23N3O2. The number of nitrogens with one attached hydrogen (secondary N) is 1. The van der Waals surface area contributed by atoms with Crippen molar-refractivity contribution in [2.45, 2.75) is 32.4 Å². The van der Waals surface area contributed by atoms with Gasteiger partial charge in [-0.05, 0) is 25.5 Å². The minimum absolute atomic E-state index is 0.397. The first-order valence-corrected chi connectivity index (χ1v) is 6.27. The Kier molecular flexibility index (Phi) is 7.62. The number of aliphatic hydroxyl groups is 1. The molecule has 5 nitrogen and oxygen atoms in total. The van der Waals surface area contributed by atoms with Gasteiger partial charge < -0.3 is 15.2 Å². The molecule has 1 unspecified atom stereocenters. The predicted molar refractivity (Wildman–Crippen MR) is 66.8 cm³/mol. The van der Waals surface area contributed by atoms with Crippen LogP contribution in [0.15, 0.2) is 18.5 Å². The van der Waals surface area contributed by atoms with Crippen molar-refractivity contribution in [3.63, 3.8) is 0 Å². The van der Waals surface area contributed by atoms with E-state index in [0.29, 0.717) is 13.1 Å². The first-order valence-electron chi connectivity index (χ1n) is 6.27. The SMILES string of the molecule is CCCOCCCNCC(O)Cn1cccn1. The van der Waals surface area contributed by atoms with E-state index >= 15 is 0 Å². The van der Waals surface area contributed by atoms with Crippen molar-refractivity contribution < 1.29 is 9.84 Å². The van der Waals surface area contributed by atoms with Crippen LogP contribution < -0.4 is 5.32 Å². The van der Waals surface area contributed by atoms with Gasteiger partial charge in [-0.3, -0.25) is 4.68 Å². The molecule has 0 aromatic carbocycles. The molecule has 98 valence electrons. The molecule has 1 atom stereocenters. The normalized spacial score (nSPS) is 12.8. The lowest BCUT2D eigenvalue weighted by Gasteiger charge is -2.11. The van der Waals surface area contributed by atoms with E-state index in [4.69, 9.17) is 4.74 Å². The van der Waals surface area contributed by atoms with Crippen molar-refractivity contribution in [1.82, 2.24) is 15.1 Å². The molecule has 0 spiro atoms. The van der Waals surface area contributed by atoms with Crippen LogP contribution in [-0.4, -0.2) is 47.3 Å². The van der Waals surface area contributed by atoms with Gasteiger partial charge in [0.2, 0.25) is 0 Å². The van der Waals surface area contributed by atoms with Crippen LogP contribution in [0.1, 0.15) is 19.8 Å². The molecule has 0 aliphatic heterocycles. The smallest absolute Gasteiger partial charge is 0.0860 e. The van der Waals surface area contributed by atoms with Gasteiger partial charge in [0.1, 0.15) is 0 Å². The minimum atomic E-state index is -0.397. The summed E-state index contributed by atoms with van der Waals surface area (Å²) in [5.74, 6) is 0. The fraction of sp³-hybridized carbons (Fsp3) is 0.750. The van der Waals surface area contributed by atoms with Crippen LogP contribution in [0.4, 0.5) is 0 Å². The van der Waals surface area contributed by atoms with Gasteiger partial charge in [0.25, 0.3) is 0 Å². The van der Waals surface area contributed by atoms with E-state index in [1.165, 1.54) is 0 Å². The van der Waals surface area contributed by atoms with Crippen LogP contribution in [-0.2, 0) is 11.3 Å². The number of rotatable bonds is 10. The fourth-order valence-electron chi connectivity index (χ4n) is 1.50. The van der Waals surface area contributed by atoms with Gasteiger partial charge in [0.05, 0.1) is 12.6 Å². The molecule has 0 radical (unpaired) electrons. The van der Waals surface area contributed by atoms with Crippen LogP contribution in [0.2, 0.25) is 0 Å². The summed E-state index contributed by atoms with van der Waals surface area (Å²) in [6.07, 6.45) is 5.21. The Bertz CT molecular complexity index is 265. The molecule has 2 N–H and O–H groups in total. The van der Waals surface area contributed by atoms with Gasteiger partial charge in [-0.15, -0.1) is 0 Å². The average Bonchev–Trinajstić information content (AvgIpc) is 2.80. The molecule has 0 aliphatic rings. The standard InChI is InChI=1S/C12H23N3O2/c1-2-8-17-9-4-5-13-10-12(16)11-15-7-3-6-14-15/h3,6-7,12-13,16H,2,4-5,8-11H2,1H3. The lowest BCUT2D eigenvalue weighted by atomic mass is 10.3. The van der Waals surface area contributed by atoms with E-state index in [1.807, 2.05) is 12.3 Å². The van der Waals surface area contributed by atoms with Crippen molar-refractivity contribution in [2.24, 2.45) is 0 Å². The van der Waals surface area contributed by atoms with Crippen molar-refractivity contribution in [3.8, 4) is 0 Å². The fourth-order valence-corrected chi connectivity index (χ4v) is 1.50. The summed E-state index contributed by atoms with van der Waals surface area (Å²) >= 11 is 0. The first-order chi connectivity index (χ1) is 8.33. The Morgan fingerprint density at radius 3 is 3.06 bits per heavy atom. The molecular weight excluding hydrogens is 218 g/mol. The van der Waals surface area contributed by atoms with Crippen LogP contribution in [0.25, 0.3) is 0 Å². The Morgan fingerprint density at radius 2 is 2.35 bits per heavy atom. The molecule has 0 fully saturated rings. The van der Waals surface area contributed by atoms with Crippen molar-refractivity contribution in [2.75, 3.05) is 26.3 Å². The molecule has 1 aromatic rings. The zero-order valence-electron chi connectivity index (χ0n) is 10.5. The predicted octanol–water partition coefficient (Wildman–Crippen LogP) is 0.650. The highest BCUT2D eigenvalue weighted by Crippen LogP contribution is 1.90. The molecule has 0 bridgehead atoms. The Hall–Kier alpha value is -0.910. The maximum atomic E-state index is 9.71. The Labute approximate surface area is 103 Å². The lowest BCUT2D eigenvalue weighted by molar-refractivity contribution is 0.126. The Morgan fingerprint density at radius 1 is 1.47 bits per heavy atom. The van der Waals surface area contributed by atoms with E-state index in [-0.39, 0.29) is 0 Å². The summed E-state index contributed by atoms with van der Waals surface area (Å²) in [4.78, 5) is 0. The summed E-state index contributed by atoms with van der Waals surface area (Å²) in [7, 11) is 0. The zero-order chi connectivity index (χ0) is 12.3. The number of aromatic nitrogens is 2. The molecule has 0 amide bonds. The summed E-state index contributed by atoms with van der Waals surface area (Å²) < 4.78 is 7.09. The topological polar surface area (TPSA) is 59.3 Å². The maximum Gasteiger partial charge on any atom is 0.0860 e. The number of nitrogens with zero attached hydrogens (tertiary/aromatic N) is 2. The third-order valence-corrected chi connectivity index (χ3v) is 2.33. The van der Waals surface area contributed by atoms with Gasteiger partial charge in [-0.25, -0.2) is 0 Å². The van der Waals surface area contributed by atoms with Crippen LogP contribution >= 0.6 is 0 Å². The molecule has 17 heavy (non-hydrogen) atoms. The molecule has 1 rings (SSSR count). The minimum Gasteiger partial charge on any atom is -0.390 e. The molecule has 1 heterocycles. The highest BCUT2D eigenvalue weighted by atomic mass is 16.5. The lowest BCUT2D eigenvalue weighted by Crippen LogP contribution is -2.31. The van der Waals surface area contributed by atoms with Gasteiger partial charge in [-0.1, -0.05) is 6.92 Å². The Balaban J connectivity index is 1.92. The van der Waals surface area contributed by atoms with Crippen molar-refractivity contribution in [1.29, 1.82) is 0 Å². The second kappa shape index (κ2) is 9.15. The zero-order valence-corrected chi connectivity index (χ0v) is 10.5. The number of hydrogen-bond donors (Lipinski definition) is 2. The largest absolute Gasteiger partial charge is 0.390 e. The third-order valence-electron chi connectivity index (χ3n) is 2.33. The van der Waals surface area contributed by atoms with Crippen LogP contribution in [0.3, 0.4) is 0 Å². The van der Waals surface area contributed by atoms with E-state index in [9.17, 15) is 5.11 Å². The monoisotopic (exact) mass is 241 g/mol. The number of aliphatic hydroxyl groups excluding tert-OH is 1. The quantitative estimate of drug-likeness (QED) is 0.591. The van der Waals surface area contributed by atoms with Crippen LogP contribution in [0, 0.1) is 0 Å². The second-order valence-corrected chi connectivity index (χ2v) is 4.05. The molecule has 0 saturated heterocycles. The maximum absolute atomic E-state index is 9.71. The van der Waals surface area contributed by atoms with Crippen molar-refractivity contribution in [3.05, 3.63) is 18.5 Å². The van der Waals surface area contributed by atoms with E-state index in [2.05, 4.69) is 17.3 Å². The number of ether oxygens (including phenoxy) is 1. The highest BCUT2D eigenvalue weighted by molar-refractivity contribution is 4.78. The summed E-state index contributed by atoms with van der Waals surface area (Å²) in [6, 6.07) is 1.85. The van der Waals surface area contributed by atoms with E-state index in [0.717, 1.165) is 32.6 Å². The van der Waals surface area contributed by atoms with Gasteiger partial charge >= 0.3 is 0 Å². The van der Waals surface area contributed by atoms with Gasteiger partial charge in [-0.2, -0.15) is 5.10 Å².